The number of rotatable bonds is 7. The van der Waals surface area contributed by atoms with Crippen molar-refractivity contribution in [3.05, 3.63) is 46.2 Å². The maximum atomic E-state index is 13.1. The third-order valence-electron chi connectivity index (χ3n) is 4.51. The van der Waals surface area contributed by atoms with Gasteiger partial charge in [0.05, 0.1) is 41.3 Å². The van der Waals surface area contributed by atoms with Gasteiger partial charge in [0.1, 0.15) is 0 Å². The van der Waals surface area contributed by atoms with Gasteiger partial charge in [0.2, 0.25) is 0 Å². The van der Waals surface area contributed by atoms with Crippen molar-refractivity contribution >= 4 is 43.9 Å². The molecule has 6 heteroatoms. The summed E-state index contributed by atoms with van der Waals surface area (Å²) in [6, 6.07) is 10.0. The van der Waals surface area contributed by atoms with Crippen LogP contribution in [0.4, 0.5) is 5.13 Å². The molecule has 0 atom stereocenters. The number of aromatic nitrogens is 1. The molecule has 1 aromatic carbocycles. The number of benzene rings is 1. The van der Waals surface area contributed by atoms with E-state index in [9.17, 15) is 4.79 Å². The molecule has 0 bridgehead atoms. The van der Waals surface area contributed by atoms with Gasteiger partial charge >= 0.3 is 0 Å². The third-order valence-corrected chi connectivity index (χ3v) is 6.41. The lowest BCUT2D eigenvalue weighted by atomic mass is 10.2. The van der Waals surface area contributed by atoms with E-state index in [2.05, 4.69) is 32.9 Å². The van der Waals surface area contributed by atoms with Gasteiger partial charge in [0.25, 0.3) is 5.91 Å². The van der Waals surface area contributed by atoms with Gasteiger partial charge in [-0.25, -0.2) is 4.98 Å². The summed E-state index contributed by atoms with van der Waals surface area (Å²) in [7, 11) is 0. The van der Waals surface area contributed by atoms with Crippen LogP contribution in [-0.2, 0) is 0 Å². The Morgan fingerprint density at radius 3 is 2.64 bits per heavy atom. The Balaban J connectivity index is 1.94. The van der Waals surface area contributed by atoms with E-state index in [1.807, 2.05) is 28.5 Å². The molecule has 0 saturated heterocycles. The number of quaternary nitrogens is 1. The summed E-state index contributed by atoms with van der Waals surface area (Å²) in [4.78, 5) is 22.0. The summed E-state index contributed by atoms with van der Waals surface area (Å²) in [5.74, 6) is 0.0539. The molecular formula is C19H24N3OS2+. The van der Waals surface area contributed by atoms with E-state index in [0.717, 1.165) is 45.4 Å². The van der Waals surface area contributed by atoms with Crippen LogP contribution in [0.25, 0.3) is 10.2 Å². The van der Waals surface area contributed by atoms with Gasteiger partial charge in [-0.05, 0) is 43.8 Å². The maximum absolute atomic E-state index is 13.1. The molecule has 1 N–H and O–H groups in total. The number of nitrogens with one attached hydrogen (secondary N) is 1. The second kappa shape index (κ2) is 8.08. The van der Waals surface area contributed by atoms with Gasteiger partial charge < -0.3 is 4.90 Å². The van der Waals surface area contributed by atoms with Crippen molar-refractivity contribution in [1.82, 2.24) is 4.98 Å². The Kier molecular flexibility index (Phi) is 5.83. The summed E-state index contributed by atoms with van der Waals surface area (Å²) >= 11 is 3.09. The summed E-state index contributed by atoms with van der Waals surface area (Å²) in [6.07, 6.45) is 0. The molecule has 25 heavy (non-hydrogen) atoms. The van der Waals surface area contributed by atoms with E-state index in [4.69, 9.17) is 4.98 Å². The zero-order chi connectivity index (χ0) is 17.8. The topological polar surface area (TPSA) is 37.6 Å². The minimum absolute atomic E-state index is 0.0539. The van der Waals surface area contributed by atoms with Gasteiger partial charge in [-0.3, -0.25) is 9.69 Å². The number of likely N-dealkylation sites (N-methyl/N-ethyl adjacent to an activating group) is 1. The number of carbonyl (C=O) groups is 1. The average molecular weight is 375 g/mol. The zero-order valence-electron chi connectivity index (χ0n) is 14.9. The Hall–Kier alpha value is -1.76. The highest BCUT2D eigenvalue weighted by atomic mass is 32.1. The Bertz CT molecular complexity index is 838. The zero-order valence-corrected chi connectivity index (χ0v) is 16.5. The van der Waals surface area contributed by atoms with Crippen LogP contribution in [0.2, 0.25) is 0 Å². The summed E-state index contributed by atoms with van der Waals surface area (Å²) < 4.78 is 1.13. The second-order valence-electron chi connectivity index (χ2n) is 6.06. The van der Waals surface area contributed by atoms with E-state index in [0.29, 0.717) is 6.54 Å². The molecule has 0 unspecified atom stereocenters. The normalized spacial score (nSPS) is 11.4. The second-order valence-corrected chi connectivity index (χ2v) is 8.02. The number of fused-ring (bicyclic) bond motifs is 1. The van der Waals surface area contributed by atoms with Gasteiger partial charge in [-0.1, -0.05) is 29.5 Å². The molecule has 3 aromatic rings. The number of aryl methyl sites for hydroxylation is 1. The first-order chi connectivity index (χ1) is 12.1. The summed E-state index contributed by atoms with van der Waals surface area (Å²) in [5.41, 5.74) is 2.15. The van der Waals surface area contributed by atoms with E-state index in [1.165, 1.54) is 16.2 Å². The average Bonchev–Trinajstić information content (AvgIpc) is 3.28. The van der Waals surface area contributed by atoms with E-state index >= 15 is 0 Å². The molecule has 132 valence electrons. The smallest absolute Gasteiger partial charge is 0.270 e. The summed E-state index contributed by atoms with van der Waals surface area (Å²) in [5, 5.41) is 2.75. The van der Waals surface area contributed by atoms with Gasteiger partial charge in [0.15, 0.2) is 5.13 Å². The van der Waals surface area contributed by atoms with E-state index in [-0.39, 0.29) is 5.91 Å². The Labute approximate surface area is 156 Å². The predicted molar refractivity (Wildman–Crippen MR) is 107 cm³/mol. The van der Waals surface area contributed by atoms with Crippen LogP contribution in [-0.4, -0.2) is 37.1 Å². The molecule has 2 heterocycles. The molecule has 0 fully saturated rings. The highest BCUT2D eigenvalue weighted by molar-refractivity contribution is 7.22. The monoisotopic (exact) mass is 374 g/mol. The van der Waals surface area contributed by atoms with Crippen molar-refractivity contribution in [3.63, 3.8) is 0 Å². The largest absolute Gasteiger partial charge is 0.334 e. The number of carbonyl (C=O) groups excluding carboxylic acids is 1. The van der Waals surface area contributed by atoms with Crippen molar-refractivity contribution in [3.8, 4) is 0 Å². The van der Waals surface area contributed by atoms with Gasteiger partial charge in [-0.15, -0.1) is 11.3 Å². The maximum Gasteiger partial charge on any atom is 0.270 e. The number of thiazole rings is 1. The van der Waals surface area contributed by atoms with Gasteiger partial charge in [0, 0.05) is 0 Å². The molecule has 3 rings (SSSR count). The van der Waals surface area contributed by atoms with Crippen molar-refractivity contribution < 1.29 is 9.69 Å². The van der Waals surface area contributed by atoms with Crippen LogP contribution in [0, 0.1) is 6.92 Å². The van der Waals surface area contributed by atoms with Crippen LogP contribution in [0.15, 0.2) is 35.7 Å². The van der Waals surface area contributed by atoms with Crippen molar-refractivity contribution in [1.29, 1.82) is 0 Å². The molecule has 0 aliphatic rings. The third kappa shape index (κ3) is 3.92. The molecule has 1 amide bonds. The molecule has 0 radical (unpaired) electrons. The number of hydrogen-bond acceptors (Lipinski definition) is 4. The number of anilines is 1. The fourth-order valence-electron chi connectivity index (χ4n) is 2.88. The van der Waals surface area contributed by atoms with Crippen molar-refractivity contribution in [2.75, 3.05) is 31.1 Å². The standard InChI is InChI=1S/C19H23N3OS2/c1-4-21(5-2)11-12-22(18(23)16-10-7-13-24-16)19-20-17-14(3)8-6-9-15(17)25-19/h6-10,13H,4-5,11-12H2,1-3H3/p+1. The van der Waals surface area contributed by atoms with Gasteiger partial charge in [-0.2, -0.15) is 0 Å². The highest BCUT2D eigenvalue weighted by Gasteiger charge is 2.23. The molecule has 0 saturated carbocycles. The number of amides is 1. The Morgan fingerprint density at radius 2 is 2.00 bits per heavy atom. The van der Waals surface area contributed by atoms with Crippen LogP contribution in [0.1, 0.15) is 29.1 Å². The van der Waals surface area contributed by atoms with Crippen LogP contribution >= 0.6 is 22.7 Å². The predicted octanol–water partition coefficient (Wildman–Crippen LogP) is 3.24. The molecule has 0 aliphatic carbocycles. The fraction of sp³-hybridized carbons (Fsp3) is 0.368. The lowest BCUT2D eigenvalue weighted by molar-refractivity contribution is -0.894. The van der Waals surface area contributed by atoms with E-state index in [1.54, 1.807) is 11.3 Å². The number of hydrogen-bond donors (Lipinski definition) is 1. The van der Waals surface area contributed by atoms with Crippen molar-refractivity contribution in [2.45, 2.75) is 20.8 Å². The van der Waals surface area contributed by atoms with Crippen molar-refractivity contribution in [2.24, 2.45) is 0 Å². The van der Waals surface area contributed by atoms with Crippen LogP contribution in [0.5, 0.6) is 0 Å². The fourth-order valence-corrected chi connectivity index (χ4v) is 4.62. The minimum Gasteiger partial charge on any atom is -0.334 e. The van der Waals surface area contributed by atoms with E-state index < -0.39 is 0 Å². The molecular weight excluding hydrogens is 350 g/mol. The lowest BCUT2D eigenvalue weighted by Crippen LogP contribution is -3.12. The summed E-state index contributed by atoms with van der Waals surface area (Å²) in [6.45, 7) is 10.2. The molecule has 0 spiro atoms. The molecule has 0 aliphatic heterocycles. The minimum atomic E-state index is 0.0539. The first-order valence-corrected chi connectivity index (χ1v) is 10.4. The highest BCUT2D eigenvalue weighted by Crippen LogP contribution is 2.31. The first-order valence-electron chi connectivity index (χ1n) is 8.69. The van der Waals surface area contributed by atoms with Crippen LogP contribution < -0.4 is 9.80 Å². The quantitative estimate of drug-likeness (QED) is 0.689. The first kappa shape index (κ1) is 18.0. The number of nitrogens with zero attached hydrogens (tertiary/aromatic N) is 2. The lowest BCUT2D eigenvalue weighted by Gasteiger charge is -2.22. The SMILES string of the molecule is CC[NH+](CC)CCN(C(=O)c1cccs1)c1nc2c(C)cccc2s1. The Morgan fingerprint density at radius 1 is 1.20 bits per heavy atom. The number of thiophene rings is 1. The number of para-hydroxylation sites is 1. The molecule has 4 nitrogen and oxygen atoms in total. The van der Waals surface area contributed by atoms with Crippen LogP contribution in [0.3, 0.4) is 0 Å². The molecule has 2 aromatic heterocycles.